The van der Waals surface area contributed by atoms with E-state index < -0.39 is 0 Å². The predicted molar refractivity (Wildman–Crippen MR) is 74.0 cm³/mol. The van der Waals surface area contributed by atoms with Crippen LogP contribution in [0.1, 0.15) is 23.4 Å². The van der Waals surface area contributed by atoms with E-state index in [0.29, 0.717) is 30.8 Å². The molecule has 0 saturated carbocycles. The molecule has 2 aromatic rings. The first kappa shape index (κ1) is 12.7. The van der Waals surface area contributed by atoms with E-state index in [1.807, 2.05) is 6.92 Å². The van der Waals surface area contributed by atoms with Crippen LogP contribution in [0.25, 0.3) is 0 Å². The highest BCUT2D eigenvalue weighted by atomic mass is 19.1. The molecular weight excluding hydrogens is 259 g/mol. The van der Waals surface area contributed by atoms with Crippen molar-refractivity contribution < 1.29 is 9.18 Å². The number of H-pyrrole nitrogens is 1. The van der Waals surface area contributed by atoms with Gasteiger partial charge in [-0.3, -0.25) is 4.79 Å². The second kappa shape index (κ2) is 4.96. The molecule has 0 saturated heterocycles. The summed E-state index contributed by atoms with van der Waals surface area (Å²) in [5.74, 6) is -0.341. The van der Waals surface area contributed by atoms with Crippen LogP contribution in [0.4, 0.5) is 15.8 Å². The number of halogens is 1. The summed E-state index contributed by atoms with van der Waals surface area (Å²) in [5, 5.41) is 5.78. The van der Waals surface area contributed by atoms with Gasteiger partial charge in [0, 0.05) is 17.8 Å². The van der Waals surface area contributed by atoms with Gasteiger partial charge in [0.25, 0.3) is 0 Å². The molecule has 0 unspecified atom stereocenters. The maximum Gasteiger partial charge on any atom is 0.224 e. The van der Waals surface area contributed by atoms with Crippen molar-refractivity contribution in [1.82, 2.24) is 9.97 Å². The van der Waals surface area contributed by atoms with E-state index in [1.54, 1.807) is 12.4 Å². The zero-order valence-corrected chi connectivity index (χ0v) is 11.1. The Balaban J connectivity index is 1.81. The van der Waals surface area contributed by atoms with Gasteiger partial charge in [-0.15, -0.1) is 0 Å². The number of carbonyl (C=O) groups excluding carboxylic acids is 1. The van der Waals surface area contributed by atoms with Gasteiger partial charge in [-0.25, -0.2) is 9.37 Å². The van der Waals surface area contributed by atoms with Gasteiger partial charge < -0.3 is 15.6 Å². The van der Waals surface area contributed by atoms with Crippen molar-refractivity contribution >= 4 is 17.3 Å². The van der Waals surface area contributed by atoms with Gasteiger partial charge in [0.15, 0.2) is 0 Å². The van der Waals surface area contributed by atoms with Gasteiger partial charge in [-0.1, -0.05) is 0 Å². The number of nitrogens with one attached hydrogen (secondary N) is 3. The Hall–Kier alpha value is -2.37. The summed E-state index contributed by atoms with van der Waals surface area (Å²) in [4.78, 5) is 18.5. The van der Waals surface area contributed by atoms with Crippen LogP contribution in [-0.2, 0) is 17.8 Å². The molecule has 1 aliphatic heterocycles. The highest BCUT2D eigenvalue weighted by molar-refractivity contribution is 5.94. The van der Waals surface area contributed by atoms with Crippen LogP contribution >= 0.6 is 0 Å². The van der Waals surface area contributed by atoms with Crippen LogP contribution in [0.15, 0.2) is 18.5 Å². The first-order chi connectivity index (χ1) is 9.63. The molecule has 1 aromatic heterocycles. The molecule has 0 fully saturated rings. The summed E-state index contributed by atoms with van der Waals surface area (Å²) in [6.45, 7) is 2.34. The van der Waals surface area contributed by atoms with Gasteiger partial charge in [0.05, 0.1) is 24.3 Å². The Morgan fingerprint density at radius 2 is 2.25 bits per heavy atom. The molecule has 1 aromatic carbocycles. The maximum atomic E-state index is 14.0. The van der Waals surface area contributed by atoms with E-state index in [-0.39, 0.29) is 11.7 Å². The standard InChI is InChI=1S/C14H15FN4O/c1-8-13(18-7-17-8)6-16-12-5-11-9(4-10(12)15)2-3-14(20)19-11/h4-5,7,16H,2-3,6H2,1H3,(H,17,18)(H,19,20). The Bertz CT molecular complexity index is 665. The number of anilines is 2. The Morgan fingerprint density at radius 1 is 1.40 bits per heavy atom. The third-order valence-corrected chi connectivity index (χ3v) is 3.47. The van der Waals surface area contributed by atoms with Crippen molar-refractivity contribution in [3.63, 3.8) is 0 Å². The second-order valence-corrected chi connectivity index (χ2v) is 4.87. The van der Waals surface area contributed by atoms with Crippen molar-refractivity contribution in [2.45, 2.75) is 26.3 Å². The predicted octanol–water partition coefficient (Wildman–Crippen LogP) is 2.35. The van der Waals surface area contributed by atoms with Crippen LogP contribution in [0.3, 0.4) is 0 Å². The van der Waals surface area contributed by atoms with E-state index in [2.05, 4.69) is 20.6 Å². The highest BCUT2D eigenvalue weighted by Gasteiger charge is 2.17. The van der Waals surface area contributed by atoms with Crippen LogP contribution in [0.5, 0.6) is 0 Å². The van der Waals surface area contributed by atoms with Crippen molar-refractivity contribution in [2.24, 2.45) is 0 Å². The molecule has 0 spiro atoms. The smallest absolute Gasteiger partial charge is 0.224 e. The summed E-state index contributed by atoms with van der Waals surface area (Å²) in [6.07, 6.45) is 2.60. The first-order valence-corrected chi connectivity index (χ1v) is 6.48. The van der Waals surface area contributed by atoms with Crippen LogP contribution < -0.4 is 10.6 Å². The Kier molecular flexibility index (Phi) is 3.14. The monoisotopic (exact) mass is 274 g/mol. The number of benzene rings is 1. The third-order valence-electron chi connectivity index (χ3n) is 3.47. The summed E-state index contributed by atoms with van der Waals surface area (Å²) < 4.78 is 14.0. The fourth-order valence-corrected chi connectivity index (χ4v) is 2.28. The van der Waals surface area contributed by atoms with Crippen LogP contribution in [0.2, 0.25) is 0 Å². The topological polar surface area (TPSA) is 69.8 Å². The molecular formula is C14H15FN4O. The number of aromatic nitrogens is 2. The largest absolute Gasteiger partial charge is 0.377 e. The van der Waals surface area contributed by atoms with Crippen LogP contribution in [0, 0.1) is 12.7 Å². The van der Waals surface area contributed by atoms with Crippen LogP contribution in [-0.4, -0.2) is 15.9 Å². The molecule has 20 heavy (non-hydrogen) atoms. The zero-order valence-electron chi connectivity index (χ0n) is 11.1. The molecule has 0 aliphatic carbocycles. The number of hydrogen-bond acceptors (Lipinski definition) is 3. The zero-order chi connectivity index (χ0) is 14.1. The molecule has 3 rings (SSSR count). The highest BCUT2D eigenvalue weighted by Crippen LogP contribution is 2.28. The minimum Gasteiger partial charge on any atom is -0.377 e. The Labute approximate surface area is 115 Å². The summed E-state index contributed by atoms with van der Waals surface area (Å²) >= 11 is 0. The lowest BCUT2D eigenvalue weighted by Crippen LogP contribution is -2.19. The number of aryl methyl sites for hydroxylation is 2. The first-order valence-electron chi connectivity index (χ1n) is 6.48. The average molecular weight is 274 g/mol. The summed E-state index contributed by atoms with van der Waals surface area (Å²) in [6, 6.07) is 3.12. The molecule has 2 heterocycles. The number of nitrogens with zero attached hydrogens (tertiary/aromatic N) is 1. The number of imidazole rings is 1. The molecule has 3 N–H and O–H groups in total. The van der Waals surface area contributed by atoms with Crippen molar-refractivity contribution in [1.29, 1.82) is 0 Å². The Morgan fingerprint density at radius 3 is 3.00 bits per heavy atom. The minimum absolute atomic E-state index is 0.0294. The number of rotatable bonds is 3. The van der Waals surface area contributed by atoms with Crippen molar-refractivity contribution in [3.8, 4) is 0 Å². The summed E-state index contributed by atoms with van der Waals surface area (Å²) in [7, 11) is 0. The maximum absolute atomic E-state index is 14.0. The van der Waals surface area contributed by atoms with Gasteiger partial charge in [-0.05, 0) is 31.0 Å². The van der Waals surface area contributed by atoms with Gasteiger partial charge in [-0.2, -0.15) is 0 Å². The molecule has 0 atom stereocenters. The fourth-order valence-electron chi connectivity index (χ4n) is 2.28. The van der Waals surface area contributed by atoms with E-state index in [1.165, 1.54) is 6.07 Å². The molecule has 104 valence electrons. The van der Waals surface area contributed by atoms with Gasteiger partial charge >= 0.3 is 0 Å². The molecule has 6 heteroatoms. The fraction of sp³-hybridized carbons (Fsp3) is 0.286. The lowest BCUT2D eigenvalue weighted by Gasteiger charge is -2.18. The number of aromatic amines is 1. The second-order valence-electron chi connectivity index (χ2n) is 4.87. The lowest BCUT2D eigenvalue weighted by molar-refractivity contribution is -0.116. The van der Waals surface area contributed by atoms with E-state index in [4.69, 9.17) is 0 Å². The van der Waals surface area contributed by atoms with Gasteiger partial charge in [0.1, 0.15) is 5.82 Å². The summed E-state index contributed by atoms with van der Waals surface area (Å²) in [5.41, 5.74) is 3.68. The molecule has 0 radical (unpaired) electrons. The van der Waals surface area contributed by atoms with E-state index >= 15 is 0 Å². The molecule has 1 amide bonds. The number of carbonyl (C=O) groups is 1. The SMILES string of the molecule is Cc1[nH]cnc1CNc1cc2c(cc1F)CCC(=O)N2. The molecule has 1 aliphatic rings. The van der Waals surface area contributed by atoms with E-state index in [0.717, 1.165) is 17.0 Å². The number of fused-ring (bicyclic) bond motifs is 1. The normalized spacial score (nSPS) is 13.8. The molecule has 5 nitrogen and oxygen atoms in total. The van der Waals surface area contributed by atoms with Crippen molar-refractivity contribution in [3.05, 3.63) is 41.2 Å². The molecule has 0 bridgehead atoms. The third kappa shape index (κ3) is 2.36. The number of hydrogen-bond donors (Lipinski definition) is 3. The quantitative estimate of drug-likeness (QED) is 0.804. The number of amides is 1. The van der Waals surface area contributed by atoms with Crippen molar-refractivity contribution in [2.75, 3.05) is 10.6 Å². The van der Waals surface area contributed by atoms with Gasteiger partial charge in [0.2, 0.25) is 5.91 Å². The average Bonchev–Trinajstić information content (AvgIpc) is 2.82. The lowest BCUT2D eigenvalue weighted by atomic mass is 10.0. The van der Waals surface area contributed by atoms with E-state index in [9.17, 15) is 9.18 Å². The minimum atomic E-state index is -0.312.